The Labute approximate surface area is 170 Å². The molecule has 4 rings (SSSR count). The van der Waals surface area contributed by atoms with E-state index in [2.05, 4.69) is 64.8 Å². The minimum absolute atomic E-state index is 0.215. The van der Waals surface area contributed by atoms with Crippen LogP contribution in [0.3, 0.4) is 0 Å². The Bertz CT molecular complexity index is 1070. The normalized spacial score (nSPS) is 12.9. The van der Waals surface area contributed by atoms with Gasteiger partial charge >= 0.3 is 0 Å². The van der Waals surface area contributed by atoms with Crippen molar-refractivity contribution < 1.29 is 4.42 Å². The van der Waals surface area contributed by atoms with Gasteiger partial charge < -0.3 is 19.6 Å². The molecule has 7 nitrogen and oxygen atoms in total. The number of aromatic nitrogens is 4. The molecule has 0 aliphatic heterocycles. The smallest absolute Gasteiger partial charge is 0.300 e. The molecule has 4 heterocycles. The highest BCUT2D eigenvalue weighted by atomic mass is 16.4. The monoisotopic (exact) mass is 392 g/mol. The third-order valence-corrected chi connectivity index (χ3v) is 4.96. The van der Waals surface area contributed by atoms with Crippen molar-refractivity contribution >= 4 is 34.1 Å². The van der Waals surface area contributed by atoms with Crippen molar-refractivity contribution in [3.8, 4) is 0 Å². The van der Waals surface area contributed by atoms with E-state index in [9.17, 15) is 0 Å². The lowest BCUT2D eigenvalue weighted by molar-refractivity contribution is 0.505. The number of H-pyrrole nitrogens is 1. The van der Waals surface area contributed by atoms with E-state index in [4.69, 9.17) is 4.42 Å². The van der Waals surface area contributed by atoms with Crippen LogP contribution in [0, 0.1) is 0 Å². The molecule has 0 saturated carbocycles. The van der Waals surface area contributed by atoms with Crippen LogP contribution in [0.5, 0.6) is 0 Å². The minimum atomic E-state index is 0.215. The number of nitrogens with one attached hydrogen (secondary N) is 2. The van der Waals surface area contributed by atoms with Gasteiger partial charge in [0.05, 0.1) is 11.0 Å². The quantitative estimate of drug-likeness (QED) is 0.472. The van der Waals surface area contributed by atoms with Crippen LogP contribution in [0.4, 0.5) is 11.8 Å². The second kappa shape index (κ2) is 7.73. The molecular formula is C22H28N6O. The van der Waals surface area contributed by atoms with Gasteiger partial charge in [0.15, 0.2) is 5.58 Å². The van der Waals surface area contributed by atoms with Gasteiger partial charge in [-0.05, 0) is 64.8 Å². The number of oxazole rings is 1. The molecule has 0 saturated heterocycles. The molecular weight excluding hydrogens is 364 g/mol. The van der Waals surface area contributed by atoms with Gasteiger partial charge in [-0.25, -0.2) is 4.98 Å². The molecule has 29 heavy (non-hydrogen) atoms. The van der Waals surface area contributed by atoms with Gasteiger partial charge in [0.2, 0.25) is 5.65 Å². The summed E-state index contributed by atoms with van der Waals surface area (Å²) in [5.74, 6) is 0.965. The molecule has 0 spiro atoms. The van der Waals surface area contributed by atoms with E-state index in [1.54, 1.807) is 6.20 Å². The van der Waals surface area contributed by atoms with Gasteiger partial charge in [0.1, 0.15) is 5.82 Å². The zero-order chi connectivity index (χ0) is 20.5. The van der Waals surface area contributed by atoms with Crippen molar-refractivity contribution in [2.75, 3.05) is 10.2 Å². The molecule has 4 aromatic heterocycles. The highest BCUT2D eigenvalue weighted by Crippen LogP contribution is 2.25. The van der Waals surface area contributed by atoms with Crippen molar-refractivity contribution in [1.29, 1.82) is 0 Å². The molecule has 4 aromatic rings. The first-order valence-corrected chi connectivity index (χ1v) is 10.1. The molecule has 0 radical (unpaired) electrons. The number of aromatic amines is 1. The fourth-order valence-corrected chi connectivity index (χ4v) is 3.81. The first-order chi connectivity index (χ1) is 13.9. The molecule has 1 unspecified atom stereocenters. The summed E-state index contributed by atoms with van der Waals surface area (Å²) in [6, 6.07) is 9.48. The van der Waals surface area contributed by atoms with Gasteiger partial charge in [0, 0.05) is 36.6 Å². The molecule has 0 fully saturated rings. The summed E-state index contributed by atoms with van der Waals surface area (Å²) < 4.78 is 6.05. The standard InChI is InChI=1S/C22H28N6O/c1-13(2)28(14(3)4)22-27-21-19(29-22)10-16(12-24-21)9-15(5)25-20-11-18-17(26-20)7-6-8-23-18/h6-8,10-15,25-26H,9H2,1-5H3. The molecule has 152 valence electrons. The predicted molar refractivity (Wildman–Crippen MR) is 117 cm³/mol. The molecule has 0 aromatic carbocycles. The molecule has 7 heteroatoms. The molecule has 1 atom stereocenters. The third-order valence-electron chi connectivity index (χ3n) is 4.96. The van der Waals surface area contributed by atoms with Crippen molar-refractivity contribution in [3.63, 3.8) is 0 Å². The number of pyridine rings is 2. The average molecular weight is 393 g/mol. The zero-order valence-corrected chi connectivity index (χ0v) is 17.6. The lowest BCUT2D eigenvalue weighted by atomic mass is 10.1. The van der Waals surface area contributed by atoms with E-state index in [0.29, 0.717) is 23.7 Å². The zero-order valence-electron chi connectivity index (χ0n) is 17.6. The molecule has 0 bridgehead atoms. The van der Waals surface area contributed by atoms with E-state index < -0.39 is 0 Å². The maximum absolute atomic E-state index is 6.05. The Kier molecular flexibility index (Phi) is 5.13. The van der Waals surface area contributed by atoms with Gasteiger partial charge in [-0.3, -0.25) is 4.98 Å². The third kappa shape index (κ3) is 4.04. The molecule has 2 N–H and O–H groups in total. The lowest BCUT2D eigenvalue weighted by Crippen LogP contribution is -2.37. The van der Waals surface area contributed by atoms with Crippen LogP contribution >= 0.6 is 0 Å². The Morgan fingerprint density at radius 2 is 1.90 bits per heavy atom. The summed E-state index contributed by atoms with van der Waals surface area (Å²) >= 11 is 0. The van der Waals surface area contributed by atoms with Crippen molar-refractivity contribution in [2.24, 2.45) is 0 Å². The summed E-state index contributed by atoms with van der Waals surface area (Å²) in [4.78, 5) is 19.0. The number of anilines is 2. The largest absolute Gasteiger partial charge is 0.422 e. The maximum atomic E-state index is 6.05. The maximum Gasteiger partial charge on any atom is 0.300 e. The SMILES string of the molecule is CC(Cc1cnc2nc(N(C(C)C)C(C)C)oc2c1)Nc1cc2ncccc2[nH]1. The van der Waals surface area contributed by atoms with Gasteiger partial charge in [-0.1, -0.05) is 0 Å². The van der Waals surface area contributed by atoms with Crippen LogP contribution in [-0.4, -0.2) is 38.1 Å². The van der Waals surface area contributed by atoms with Crippen LogP contribution in [-0.2, 0) is 6.42 Å². The summed E-state index contributed by atoms with van der Waals surface area (Å²) in [5, 5.41) is 3.50. The van der Waals surface area contributed by atoms with E-state index in [1.807, 2.05) is 30.5 Å². The van der Waals surface area contributed by atoms with Crippen molar-refractivity contribution in [1.82, 2.24) is 19.9 Å². The first kappa shape index (κ1) is 19.2. The fraction of sp³-hybridized carbons (Fsp3) is 0.409. The van der Waals surface area contributed by atoms with Crippen LogP contribution in [0.15, 0.2) is 41.1 Å². The second-order valence-corrected chi connectivity index (χ2v) is 8.13. The lowest BCUT2D eigenvalue weighted by Gasteiger charge is -2.28. The second-order valence-electron chi connectivity index (χ2n) is 8.13. The van der Waals surface area contributed by atoms with Gasteiger partial charge in [-0.2, -0.15) is 4.98 Å². The van der Waals surface area contributed by atoms with E-state index in [0.717, 1.165) is 34.4 Å². The van der Waals surface area contributed by atoms with Crippen molar-refractivity contribution in [3.05, 3.63) is 42.2 Å². The number of hydrogen-bond acceptors (Lipinski definition) is 6. The molecule has 0 aliphatic rings. The first-order valence-electron chi connectivity index (χ1n) is 10.1. The van der Waals surface area contributed by atoms with Crippen LogP contribution in [0.25, 0.3) is 22.3 Å². The summed E-state index contributed by atoms with van der Waals surface area (Å²) in [6.07, 6.45) is 4.50. The Hall–Kier alpha value is -3.09. The van der Waals surface area contributed by atoms with E-state index >= 15 is 0 Å². The summed E-state index contributed by atoms with van der Waals surface area (Å²) in [6.45, 7) is 10.7. The van der Waals surface area contributed by atoms with Crippen LogP contribution < -0.4 is 10.2 Å². The number of fused-ring (bicyclic) bond motifs is 2. The number of nitrogens with zero attached hydrogens (tertiary/aromatic N) is 4. The highest BCUT2D eigenvalue weighted by Gasteiger charge is 2.20. The molecule has 0 aliphatic carbocycles. The van der Waals surface area contributed by atoms with E-state index in [1.165, 1.54) is 0 Å². The van der Waals surface area contributed by atoms with Crippen molar-refractivity contribution in [2.45, 2.75) is 59.2 Å². The highest BCUT2D eigenvalue weighted by molar-refractivity contribution is 5.79. The average Bonchev–Trinajstić information content (AvgIpc) is 3.23. The molecule has 0 amide bonds. The predicted octanol–water partition coefficient (Wildman–Crippen LogP) is 4.77. The Balaban J connectivity index is 1.50. The fourth-order valence-electron chi connectivity index (χ4n) is 3.81. The Morgan fingerprint density at radius 1 is 1.10 bits per heavy atom. The summed E-state index contributed by atoms with van der Waals surface area (Å²) in [7, 11) is 0. The van der Waals surface area contributed by atoms with E-state index in [-0.39, 0.29) is 6.04 Å². The van der Waals surface area contributed by atoms with Crippen LogP contribution in [0.1, 0.15) is 40.2 Å². The number of rotatable bonds is 7. The number of hydrogen-bond donors (Lipinski definition) is 2. The Morgan fingerprint density at radius 3 is 2.62 bits per heavy atom. The van der Waals surface area contributed by atoms with Gasteiger partial charge in [-0.15, -0.1) is 0 Å². The van der Waals surface area contributed by atoms with Crippen LogP contribution in [0.2, 0.25) is 0 Å². The minimum Gasteiger partial charge on any atom is -0.422 e. The van der Waals surface area contributed by atoms with Gasteiger partial charge in [0.25, 0.3) is 6.01 Å². The summed E-state index contributed by atoms with van der Waals surface area (Å²) in [5.41, 5.74) is 4.47. The topological polar surface area (TPSA) is 82.9 Å².